The Morgan fingerprint density at radius 2 is 1.81 bits per heavy atom. The molecule has 0 N–H and O–H groups in total. The van der Waals surface area contributed by atoms with E-state index in [1.54, 1.807) is 31.2 Å². The van der Waals surface area contributed by atoms with Crippen molar-refractivity contribution < 1.29 is 4.92 Å². The molecule has 82 valence electrons. The van der Waals surface area contributed by atoms with Gasteiger partial charge in [0.05, 0.1) is 21.4 Å². The molecule has 0 saturated heterocycles. The van der Waals surface area contributed by atoms with Crippen LogP contribution in [0.2, 0.25) is 0 Å². The minimum atomic E-state index is -0.447. The third-order valence-electron chi connectivity index (χ3n) is 2.75. The van der Waals surface area contributed by atoms with Gasteiger partial charge < -0.3 is 4.57 Å². The number of pyridine rings is 1. The van der Waals surface area contributed by atoms with Crippen LogP contribution < -0.4 is 5.56 Å². The van der Waals surface area contributed by atoms with Crippen LogP contribution in [0.15, 0.2) is 29.1 Å². The molecule has 0 unspecified atom stereocenters. The molecule has 0 aliphatic carbocycles. The minimum absolute atomic E-state index is 0.00213. The maximum absolute atomic E-state index is 11.9. The molecule has 1 aromatic heterocycles. The third kappa shape index (κ3) is 1.29. The summed E-state index contributed by atoms with van der Waals surface area (Å²) in [5.74, 6) is 0. The molecule has 2 rings (SSSR count). The first-order valence-electron chi connectivity index (χ1n) is 4.76. The van der Waals surface area contributed by atoms with Gasteiger partial charge in [-0.25, -0.2) is 0 Å². The molecule has 0 fully saturated rings. The Balaban J connectivity index is 3.10. The van der Waals surface area contributed by atoms with Gasteiger partial charge in [-0.2, -0.15) is 0 Å². The largest absolute Gasteiger partial charge is 0.309 e. The van der Waals surface area contributed by atoms with Crippen LogP contribution in [-0.2, 0) is 7.05 Å². The molecule has 0 radical (unpaired) electrons. The van der Waals surface area contributed by atoms with Crippen LogP contribution in [0.4, 0.5) is 5.69 Å². The molecular formula is C11H10N2O3. The van der Waals surface area contributed by atoms with Gasteiger partial charge in [0.25, 0.3) is 11.2 Å². The maximum Gasteiger partial charge on any atom is 0.296 e. The highest BCUT2D eigenvalue weighted by Gasteiger charge is 2.19. The van der Waals surface area contributed by atoms with E-state index < -0.39 is 4.92 Å². The summed E-state index contributed by atoms with van der Waals surface area (Å²) in [6.45, 7) is 1.58. The summed E-state index contributed by atoms with van der Waals surface area (Å²) < 4.78 is 1.31. The predicted molar refractivity (Wildman–Crippen MR) is 60.6 cm³/mol. The zero-order chi connectivity index (χ0) is 11.9. The van der Waals surface area contributed by atoms with Crippen LogP contribution in [0.5, 0.6) is 0 Å². The van der Waals surface area contributed by atoms with Gasteiger partial charge in [0.2, 0.25) is 0 Å². The fraction of sp³-hybridized carbons (Fsp3) is 0.182. The first-order chi connectivity index (χ1) is 7.54. The monoisotopic (exact) mass is 218 g/mol. The summed E-state index contributed by atoms with van der Waals surface area (Å²) in [5, 5.41) is 11.8. The molecule has 0 spiro atoms. The molecule has 1 heterocycles. The summed E-state index contributed by atoms with van der Waals surface area (Å²) in [5.41, 5.74) is 0.158. The zero-order valence-corrected chi connectivity index (χ0v) is 8.93. The third-order valence-corrected chi connectivity index (χ3v) is 2.75. The average Bonchev–Trinajstić information content (AvgIpc) is 2.26. The molecule has 0 aliphatic heterocycles. The molecule has 5 heteroatoms. The minimum Gasteiger partial charge on any atom is -0.309 e. The van der Waals surface area contributed by atoms with Gasteiger partial charge >= 0.3 is 0 Å². The van der Waals surface area contributed by atoms with Crippen molar-refractivity contribution in [2.75, 3.05) is 0 Å². The van der Waals surface area contributed by atoms with Crippen molar-refractivity contribution in [1.82, 2.24) is 4.57 Å². The molecule has 0 aliphatic rings. The van der Waals surface area contributed by atoms with E-state index in [1.807, 2.05) is 0 Å². The van der Waals surface area contributed by atoms with Crippen molar-refractivity contribution in [2.45, 2.75) is 6.92 Å². The highest BCUT2D eigenvalue weighted by molar-refractivity contribution is 5.90. The fourth-order valence-electron chi connectivity index (χ4n) is 1.79. The van der Waals surface area contributed by atoms with Gasteiger partial charge in [-0.1, -0.05) is 12.1 Å². The molecule has 2 aromatic rings. The fourth-order valence-corrected chi connectivity index (χ4v) is 1.79. The van der Waals surface area contributed by atoms with Crippen molar-refractivity contribution in [3.05, 3.63) is 50.4 Å². The van der Waals surface area contributed by atoms with E-state index in [1.165, 1.54) is 11.6 Å². The lowest BCUT2D eigenvalue weighted by Crippen LogP contribution is -2.20. The van der Waals surface area contributed by atoms with Crippen molar-refractivity contribution in [2.24, 2.45) is 7.05 Å². The van der Waals surface area contributed by atoms with Crippen molar-refractivity contribution in [3.63, 3.8) is 0 Å². The van der Waals surface area contributed by atoms with Crippen LogP contribution in [0, 0.1) is 17.0 Å². The average molecular weight is 218 g/mol. The van der Waals surface area contributed by atoms with E-state index in [-0.39, 0.29) is 11.2 Å². The van der Waals surface area contributed by atoms with Crippen LogP contribution in [0.25, 0.3) is 10.8 Å². The van der Waals surface area contributed by atoms with Gasteiger partial charge in [-0.3, -0.25) is 14.9 Å². The SMILES string of the molecule is Cc1c([N+](=O)[O-])c2ccccc2c(=O)n1C. The highest BCUT2D eigenvalue weighted by atomic mass is 16.6. The lowest BCUT2D eigenvalue weighted by atomic mass is 10.1. The van der Waals surface area contributed by atoms with E-state index in [9.17, 15) is 14.9 Å². The van der Waals surface area contributed by atoms with Gasteiger partial charge in [0.1, 0.15) is 0 Å². The second-order valence-corrected chi connectivity index (χ2v) is 3.60. The lowest BCUT2D eigenvalue weighted by Gasteiger charge is -2.07. The van der Waals surface area contributed by atoms with Gasteiger partial charge in [-0.15, -0.1) is 0 Å². The first-order valence-corrected chi connectivity index (χ1v) is 4.76. The number of nitrogens with zero attached hydrogens (tertiary/aromatic N) is 2. The molecule has 0 amide bonds. The summed E-state index contributed by atoms with van der Waals surface area (Å²) in [6.07, 6.45) is 0. The highest BCUT2D eigenvalue weighted by Crippen LogP contribution is 2.25. The van der Waals surface area contributed by atoms with Gasteiger partial charge in [0, 0.05) is 7.05 Å². The normalized spacial score (nSPS) is 10.6. The van der Waals surface area contributed by atoms with E-state index in [0.717, 1.165) is 0 Å². The number of nitro groups is 1. The Morgan fingerprint density at radius 1 is 1.25 bits per heavy atom. The predicted octanol–water partition coefficient (Wildman–Crippen LogP) is 1.76. The summed E-state index contributed by atoms with van der Waals surface area (Å²) in [7, 11) is 1.54. The van der Waals surface area contributed by atoms with Crippen molar-refractivity contribution >= 4 is 16.5 Å². The molecule has 16 heavy (non-hydrogen) atoms. The van der Waals surface area contributed by atoms with Gasteiger partial charge in [0.15, 0.2) is 0 Å². The second kappa shape index (κ2) is 3.44. The first kappa shape index (κ1) is 10.4. The van der Waals surface area contributed by atoms with Crippen molar-refractivity contribution in [3.8, 4) is 0 Å². The molecule has 5 nitrogen and oxygen atoms in total. The zero-order valence-electron chi connectivity index (χ0n) is 8.93. The Bertz CT molecular complexity index is 643. The summed E-state index contributed by atoms with van der Waals surface area (Å²) >= 11 is 0. The van der Waals surface area contributed by atoms with E-state index in [4.69, 9.17) is 0 Å². The smallest absolute Gasteiger partial charge is 0.296 e. The Kier molecular flexibility index (Phi) is 2.23. The number of hydrogen-bond acceptors (Lipinski definition) is 3. The van der Waals surface area contributed by atoms with Crippen LogP contribution in [-0.4, -0.2) is 9.49 Å². The number of hydrogen-bond donors (Lipinski definition) is 0. The van der Waals surface area contributed by atoms with E-state index >= 15 is 0 Å². The summed E-state index contributed by atoms with van der Waals surface area (Å²) in [4.78, 5) is 22.4. The molecule has 0 saturated carbocycles. The second-order valence-electron chi connectivity index (χ2n) is 3.60. The van der Waals surface area contributed by atoms with E-state index in [2.05, 4.69) is 0 Å². The maximum atomic E-state index is 11.9. The van der Waals surface area contributed by atoms with Crippen LogP contribution in [0.1, 0.15) is 5.69 Å². The van der Waals surface area contributed by atoms with Gasteiger partial charge in [-0.05, 0) is 19.1 Å². The number of benzene rings is 1. The Hall–Kier alpha value is -2.17. The quantitative estimate of drug-likeness (QED) is 0.541. The lowest BCUT2D eigenvalue weighted by molar-refractivity contribution is -0.384. The number of fused-ring (bicyclic) bond motifs is 1. The standard InChI is InChI=1S/C11H10N2O3/c1-7-10(13(15)16)8-5-3-4-6-9(8)11(14)12(7)2/h3-6H,1-2H3. The van der Waals surface area contributed by atoms with Crippen LogP contribution >= 0.6 is 0 Å². The molecule has 1 aromatic carbocycles. The number of aromatic nitrogens is 1. The van der Waals surface area contributed by atoms with Crippen molar-refractivity contribution in [1.29, 1.82) is 0 Å². The van der Waals surface area contributed by atoms with Crippen LogP contribution in [0.3, 0.4) is 0 Å². The topological polar surface area (TPSA) is 65.1 Å². The Morgan fingerprint density at radius 3 is 2.38 bits per heavy atom. The molecule has 0 bridgehead atoms. The molecular weight excluding hydrogens is 208 g/mol. The van der Waals surface area contributed by atoms with E-state index in [0.29, 0.717) is 16.5 Å². The number of rotatable bonds is 1. The summed E-state index contributed by atoms with van der Waals surface area (Å²) in [6, 6.07) is 6.59. The Labute approximate surface area is 91.1 Å². The molecule has 0 atom stereocenters.